The number of carbonyl (C=O) groups excluding carboxylic acids is 1. The minimum Gasteiger partial charge on any atom is -0.465 e. The molecule has 0 atom stereocenters. The molecule has 0 aliphatic carbocycles. The van der Waals surface area contributed by atoms with Crippen LogP contribution in [0.4, 0.5) is 10.7 Å². The van der Waals surface area contributed by atoms with Crippen LogP contribution in [0.1, 0.15) is 28.7 Å². The van der Waals surface area contributed by atoms with Crippen molar-refractivity contribution in [3.63, 3.8) is 0 Å². The van der Waals surface area contributed by atoms with Crippen molar-refractivity contribution in [2.45, 2.75) is 27.3 Å². The molecule has 0 aliphatic rings. The Morgan fingerprint density at radius 2 is 1.96 bits per heavy atom. The summed E-state index contributed by atoms with van der Waals surface area (Å²) in [4.78, 5) is 13.2. The first-order valence-corrected chi connectivity index (χ1v) is 10.1. The van der Waals surface area contributed by atoms with Gasteiger partial charge in [0.25, 0.3) is 0 Å². The highest BCUT2D eigenvalue weighted by Crippen LogP contribution is 2.36. The first kappa shape index (κ1) is 20.0. The fourth-order valence-corrected chi connectivity index (χ4v) is 4.25. The summed E-state index contributed by atoms with van der Waals surface area (Å²) in [6.45, 7) is 6.75. The van der Waals surface area contributed by atoms with E-state index >= 15 is 0 Å². The first-order chi connectivity index (χ1) is 13.4. The number of thiocarbonyl (C=S) groups is 1. The Labute approximate surface area is 173 Å². The van der Waals surface area contributed by atoms with Crippen molar-refractivity contribution in [3.05, 3.63) is 53.3 Å². The van der Waals surface area contributed by atoms with Gasteiger partial charge in [-0.25, -0.2) is 4.79 Å². The Bertz CT molecular complexity index is 1010. The molecule has 146 valence electrons. The highest BCUT2D eigenvalue weighted by atomic mass is 32.1. The number of esters is 1. The first-order valence-electron chi connectivity index (χ1n) is 8.84. The number of hydrogen-bond donors (Lipinski definition) is 2. The van der Waals surface area contributed by atoms with Gasteiger partial charge in [0.1, 0.15) is 5.00 Å². The van der Waals surface area contributed by atoms with Crippen LogP contribution in [-0.2, 0) is 11.3 Å². The van der Waals surface area contributed by atoms with E-state index in [4.69, 9.17) is 17.0 Å². The number of rotatable bonds is 5. The van der Waals surface area contributed by atoms with E-state index in [-0.39, 0.29) is 0 Å². The van der Waals surface area contributed by atoms with Crippen molar-refractivity contribution in [2.24, 2.45) is 0 Å². The van der Waals surface area contributed by atoms with Gasteiger partial charge in [-0.05, 0) is 44.6 Å². The van der Waals surface area contributed by atoms with Crippen LogP contribution in [0, 0.1) is 13.8 Å². The van der Waals surface area contributed by atoms with Gasteiger partial charge in [-0.1, -0.05) is 30.3 Å². The molecule has 0 fully saturated rings. The molecule has 0 saturated heterocycles. The monoisotopic (exact) mass is 414 g/mol. The lowest BCUT2D eigenvalue weighted by molar-refractivity contribution is 0.0602. The summed E-state index contributed by atoms with van der Waals surface area (Å²) in [6, 6.07) is 11.7. The second-order valence-corrected chi connectivity index (χ2v) is 7.61. The minimum absolute atomic E-state index is 0.397. The minimum atomic E-state index is -0.408. The fourth-order valence-electron chi connectivity index (χ4n) is 2.92. The smallest absolute Gasteiger partial charge is 0.340 e. The average Bonchev–Trinajstić information content (AvgIpc) is 3.24. The number of benzene rings is 1. The summed E-state index contributed by atoms with van der Waals surface area (Å²) in [5.41, 5.74) is 4.23. The van der Waals surface area contributed by atoms with Crippen LogP contribution in [0.5, 0.6) is 0 Å². The predicted molar refractivity (Wildman–Crippen MR) is 118 cm³/mol. The van der Waals surface area contributed by atoms with Gasteiger partial charge < -0.3 is 15.4 Å². The Balaban J connectivity index is 1.87. The normalized spacial score (nSPS) is 10.6. The molecule has 2 aromatic heterocycles. The molecule has 3 rings (SSSR count). The molecule has 0 spiro atoms. The van der Waals surface area contributed by atoms with Crippen LogP contribution in [-0.4, -0.2) is 28.0 Å². The highest BCUT2D eigenvalue weighted by molar-refractivity contribution is 7.80. The number of ether oxygens (including phenoxy) is 1. The quantitative estimate of drug-likeness (QED) is 0.460. The maximum Gasteiger partial charge on any atom is 0.340 e. The zero-order valence-corrected chi connectivity index (χ0v) is 17.8. The van der Waals surface area contributed by atoms with E-state index in [0.717, 1.165) is 34.1 Å². The number of aryl methyl sites for hydroxylation is 2. The number of methoxy groups -OCH3 is 1. The van der Waals surface area contributed by atoms with Crippen LogP contribution in [0.25, 0.3) is 10.4 Å². The van der Waals surface area contributed by atoms with Gasteiger partial charge >= 0.3 is 5.97 Å². The SMILES string of the molecule is CCn1nc(C)c(NC(=S)Nc2sc(-c3ccccc3)cc2C(=O)OC)c1C. The second-order valence-electron chi connectivity index (χ2n) is 6.15. The average molecular weight is 415 g/mol. The Hall–Kier alpha value is -2.71. The molecule has 2 N–H and O–H groups in total. The van der Waals surface area contributed by atoms with Crippen molar-refractivity contribution >= 4 is 45.3 Å². The van der Waals surface area contributed by atoms with Gasteiger partial charge in [-0.2, -0.15) is 5.10 Å². The summed E-state index contributed by atoms with van der Waals surface area (Å²) in [5.74, 6) is -0.408. The van der Waals surface area contributed by atoms with Gasteiger partial charge in [0.2, 0.25) is 0 Å². The number of carbonyl (C=O) groups is 1. The second kappa shape index (κ2) is 8.53. The largest absolute Gasteiger partial charge is 0.465 e. The maximum atomic E-state index is 12.2. The van der Waals surface area contributed by atoms with Gasteiger partial charge in [0.15, 0.2) is 5.11 Å². The van der Waals surface area contributed by atoms with Gasteiger partial charge in [0, 0.05) is 11.4 Å². The summed E-state index contributed by atoms with van der Waals surface area (Å²) >= 11 is 6.94. The van der Waals surface area contributed by atoms with E-state index in [1.165, 1.54) is 18.4 Å². The summed E-state index contributed by atoms with van der Waals surface area (Å²) in [6.07, 6.45) is 0. The van der Waals surface area contributed by atoms with E-state index in [0.29, 0.717) is 15.7 Å². The molecule has 2 heterocycles. The fraction of sp³-hybridized carbons (Fsp3) is 0.250. The zero-order chi connectivity index (χ0) is 20.3. The van der Waals surface area contributed by atoms with E-state index in [2.05, 4.69) is 15.7 Å². The Kier molecular flexibility index (Phi) is 6.11. The number of thiophene rings is 1. The van der Waals surface area contributed by atoms with Crippen LogP contribution < -0.4 is 10.6 Å². The van der Waals surface area contributed by atoms with Crippen molar-refractivity contribution in [1.29, 1.82) is 0 Å². The molecule has 0 unspecified atom stereocenters. The molecule has 0 amide bonds. The number of anilines is 2. The lowest BCUT2D eigenvalue weighted by atomic mass is 10.1. The topological polar surface area (TPSA) is 68.2 Å². The lowest BCUT2D eigenvalue weighted by Gasteiger charge is -2.11. The maximum absolute atomic E-state index is 12.2. The zero-order valence-electron chi connectivity index (χ0n) is 16.2. The molecule has 0 radical (unpaired) electrons. The van der Waals surface area contributed by atoms with Crippen molar-refractivity contribution < 1.29 is 9.53 Å². The standard InChI is InChI=1S/C20H22N4O2S2/c1-5-24-13(3)17(12(2)23-24)21-20(27)22-18-15(19(25)26-4)11-16(28-18)14-9-7-6-8-10-14/h6-11H,5H2,1-4H3,(H2,21,22,27). The molecule has 1 aromatic carbocycles. The van der Waals surface area contributed by atoms with Crippen LogP contribution >= 0.6 is 23.6 Å². The van der Waals surface area contributed by atoms with E-state index < -0.39 is 5.97 Å². The van der Waals surface area contributed by atoms with E-state index in [9.17, 15) is 4.79 Å². The third-order valence-corrected chi connectivity index (χ3v) is 5.65. The predicted octanol–water partition coefficient (Wildman–Crippen LogP) is 4.84. The van der Waals surface area contributed by atoms with Crippen LogP contribution in [0.2, 0.25) is 0 Å². The highest BCUT2D eigenvalue weighted by Gasteiger charge is 2.19. The third kappa shape index (κ3) is 4.07. The number of hydrogen-bond acceptors (Lipinski definition) is 5. The molecule has 0 saturated carbocycles. The van der Waals surface area contributed by atoms with Crippen LogP contribution in [0.3, 0.4) is 0 Å². The molecule has 0 bridgehead atoms. The van der Waals surface area contributed by atoms with Crippen molar-refractivity contribution in [1.82, 2.24) is 9.78 Å². The lowest BCUT2D eigenvalue weighted by Crippen LogP contribution is -2.20. The molecule has 6 nitrogen and oxygen atoms in total. The van der Waals surface area contributed by atoms with Crippen molar-refractivity contribution in [3.8, 4) is 10.4 Å². The molecule has 0 aliphatic heterocycles. The number of nitrogens with zero attached hydrogens (tertiary/aromatic N) is 2. The number of aromatic nitrogens is 2. The molecule has 8 heteroatoms. The van der Waals surface area contributed by atoms with Gasteiger partial charge in [-0.15, -0.1) is 11.3 Å². The Morgan fingerprint density at radius 1 is 1.25 bits per heavy atom. The Morgan fingerprint density at radius 3 is 2.57 bits per heavy atom. The van der Waals surface area contributed by atoms with E-state index in [1.807, 2.05) is 61.9 Å². The molecular formula is C20H22N4O2S2. The summed E-state index contributed by atoms with van der Waals surface area (Å²) < 4.78 is 6.85. The van der Waals surface area contributed by atoms with E-state index in [1.54, 1.807) is 0 Å². The molecule has 3 aromatic rings. The van der Waals surface area contributed by atoms with Gasteiger partial charge in [0.05, 0.1) is 29.7 Å². The molecule has 28 heavy (non-hydrogen) atoms. The van der Waals surface area contributed by atoms with Crippen molar-refractivity contribution in [2.75, 3.05) is 17.7 Å². The van der Waals surface area contributed by atoms with Crippen LogP contribution in [0.15, 0.2) is 36.4 Å². The summed E-state index contributed by atoms with van der Waals surface area (Å²) in [5, 5.41) is 11.9. The molecular weight excluding hydrogens is 392 g/mol. The third-order valence-electron chi connectivity index (χ3n) is 4.34. The number of nitrogens with one attached hydrogen (secondary N) is 2. The van der Waals surface area contributed by atoms with Gasteiger partial charge in [-0.3, -0.25) is 4.68 Å². The summed E-state index contributed by atoms with van der Waals surface area (Å²) in [7, 11) is 1.37.